The van der Waals surface area contributed by atoms with Gasteiger partial charge in [-0.05, 0) is 18.1 Å². The summed E-state index contributed by atoms with van der Waals surface area (Å²) in [6.45, 7) is 3.15. The molecule has 0 radical (unpaired) electrons. The van der Waals surface area contributed by atoms with Crippen LogP contribution in [0.5, 0.6) is 0 Å². The number of fused-ring (bicyclic) bond motifs is 1. The van der Waals surface area contributed by atoms with E-state index in [-0.39, 0.29) is 11.6 Å². The molecule has 0 aliphatic heterocycles. The van der Waals surface area contributed by atoms with Crippen LogP contribution in [-0.4, -0.2) is 27.3 Å². The molecule has 0 saturated heterocycles. The summed E-state index contributed by atoms with van der Waals surface area (Å²) in [5.74, 6) is -0.127. The van der Waals surface area contributed by atoms with E-state index in [9.17, 15) is 14.9 Å². The molecule has 0 unspecified atom stereocenters. The van der Waals surface area contributed by atoms with Gasteiger partial charge in [0.15, 0.2) is 0 Å². The van der Waals surface area contributed by atoms with Gasteiger partial charge in [-0.15, -0.1) is 0 Å². The summed E-state index contributed by atoms with van der Waals surface area (Å²) in [5.41, 5.74) is 2.20. The third kappa shape index (κ3) is 3.52. The van der Waals surface area contributed by atoms with E-state index in [0.717, 1.165) is 12.0 Å². The first kappa shape index (κ1) is 16.7. The second-order valence-electron chi connectivity index (χ2n) is 5.90. The van der Waals surface area contributed by atoms with E-state index in [1.165, 1.54) is 12.1 Å². The van der Waals surface area contributed by atoms with Gasteiger partial charge in [0, 0.05) is 42.3 Å². The van der Waals surface area contributed by atoms with Gasteiger partial charge in [-0.25, -0.2) is 0 Å². The number of rotatable bonds is 6. The number of amides is 1. The quantitative estimate of drug-likeness (QED) is 0.542. The number of nitro groups is 1. The standard InChI is InChI=1S/C19H19N3O3/c1-2-10-21(13-14-6-4-3-5-7-14)19(23)17-12-20-18-9-8-15(22(24)25)11-16(17)18/h3-9,11-12,20H,2,10,13H2,1H3. The minimum atomic E-state index is -0.450. The molecule has 0 saturated carbocycles. The average Bonchev–Trinajstić information content (AvgIpc) is 3.04. The molecule has 3 aromatic rings. The molecular formula is C19H19N3O3. The number of nitrogens with one attached hydrogen (secondary N) is 1. The van der Waals surface area contributed by atoms with Crippen LogP contribution in [-0.2, 0) is 6.54 Å². The van der Waals surface area contributed by atoms with Crippen molar-refractivity contribution in [3.05, 3.63) is 76.0 Å². The molecule has 6 heteroatoms. The maximum absolute atomic E-state index is 13.0. The van der Waals surface area contributed by atoms with Crippen molar-refractivity contribution in [1.29, 1.82) is 0 Å². The van der Waals surface area contributed by atoms with Gasteiger partial charge in [0.1, 0.15) is 0 Å². The van der Waals surface area contributed by atoms with Gasteiger partial charge in [-0.1, -0.05) is 37.3 Å². The summed E-state index contributed by atoms with van der Waals surface area (Å²) in [6, 6.07) is 14.3. The maximum Gasteiger partial charge on any atom is 0.270 e. The van der Waals surface area contributed by atoms with E-state index in [1.54, 1.807) is 17.2 Å². The Labute approximate surface area is 145 Å². The number of hydrogen-bond acceptors (Lipinski definition) is 3. The number of nitrogens with zero attached hydrogens (tertiary/aromatic N) is 2. The van der Waals surface area contributed by atoms with Crippen molar-refractivity contribution >= 4 is 22.5 Å². The number of non-ortho nitro benzene ring substituents is 1. The zero-order valence-corrected chi connectivity index (χ0v) is 13.9. The number of aromatic nitrogens is 1. The largest absolute Gasteiger partial charge is 0.360 e. The second kappa shape index (κ2) is 7.17. The minimum absolute atomic E-state index is 0.0220. The SMILES string of the molecule is CCCN(Cc1ccccc1)C(=O)c1c[nH]c2ccc([N+](=O)[O-])cc12. The monoisotopic (exact) mass is 337 g/mol. The molecule has 0 fully saturated rings. The maximum atomic E-state index is 13.0. The van der Waals surface area contributed by atoms with Crippen LogP contribution >= 0.6 is 0 Å². The topological polar surface area (TPSA) is 79.2 Å². The van der Waals surface area contributed by atoms with E-state index in [2.05, 4.69) is 4.98 Å². The van der Waals surface area contributed by atoms with Gasteiger partial charge in [0.2, 0.25) is 0 Å². The van der Waals surface area contributed by atoms with Crippen LogP contribution in [0.25, 0.3) is 10.9 Å². The van der Waals surface area contributed by atoms with Crippen molar-refractivity contribution in [2.75, 3.05) is 6.54 Å². The first-order chi connectivity index (χ1) is 12.1. The van der Waals surface area contributed by atoms with Crippen molar-refractivity contribution in [3.63, 3.8) is 0 Å². The van der Waals surface area contributed by atoms with Crippen molar-refractivity contribution in [2.24, 2.45) is 0 Å². The Morgan fingerprint density at radius 1 is 1.20 bits per heavy atom. The number of aromatic amines is 1. The molecule has 1 amide bonds. The fourth-order valence-corrected chi connectivity index (χ4v) is 2.90. The zero-order chi connectivity index (χ0) is 17.8. The summed E-state index contributed by atoms with van der Waals surface area (Å²) in [6.07, 6.45) is 2.46. The first-order valence-electron chi connectivity index (χ1n) is 8.19. The van der Waals surface area contributed by atoms with Gasteiger partial charge in [-0.2, -0.15) is 0 Å². The third-order valence-corrected chi connectivity index (χ3v) is 4.10. The van der Waals surface area contributed by atoms with Gasteiger partial charge in [0.25, 0.3) is 11.6 Å². The number of carbonyl (C=O) groups is 1. The Hall–Kier alpha value is -3.15. The fraction of sp³-hybridized carbons (Fsp3) is 0.211. The lowest BCUT2D eigenvalue weighted by Crippen LogP contribution is -2.31. The van der Waals surface area contributed by atoms with E-state index < -0.39 is 4.92 Å². The van der Waals surface area contributed by atoms with Gasteiger partial charge in [-0.3, -0.25) is 14.9 Å². The molecule has 128 valence electrons. The Morgan fingerprint density at radius 2 is 1.96 bits per heavy atom. The summed E-state index contributed by atoms with van der Waals surface area (Å²) < 4.78 is 0. The lowest BCUT2D eigenvalue weighted by Gasteiger charge is -2.22. The van der Waals surface area contributed by atoms with Crippen molar-refractivity contribution in [3.8, 4) is 0 Å². The van der Waals surface area contributed by atoms with Crippen molar-refractivity contribution < 1.29 is 9.72 Å². The molecule has 0 aliphatic carbocycles. The van der Waals surface area contributed by atoms with E-state index >= 15 is 0 Å². The van der Waals surface area contributed by atoms with Crippen LogP contribution in [0.3, 0.4) is 0 Å². The smallest absolute Gasteiger partial charge is 0.270 e. The highest BCUT2D eigenvalue weighted by molar-refractivity contribution is 6.07. The van der Waals surface area contributed by atoms with E-state index in [4.69, 9.17) is 0 Å². The van der Waals surface area contributed by atoms with E-state index in [1.807, 2.05) is 37.3 Å². The minimum Gasteiger partial charge on any atom is -0.360 e. The lowest BCUT2D eigenvalue weighted by atomic mass is 10.1. The Bertz CT molecular complexity index is 903. The van der Waals surface area contributed by atoms with Crippen LogP contribution < -0.4 is 0 Å². The Morgan fingerprint density at radius 3 is 2.64 bits per heavy atom. The third-order valence-electron chi connectivity index (χ3n) is 4.10. The first-order valence-corrected chi connectivity index (χ1v) is 8.19. The molecule has 0 atom stereocenters. The number of hydrogen-bond donors (Lipinski definition) is 1. The van der Waals surface area contributed by atoms with Crippen LogP contribution in [0.2, 0.25) is 0 Å². The molecule has 6 nitrogen and oxygen atoms in total. The molecule has 1 aromatic heterocycles. The Balaban J connectivity index is 1.95. The summed E-state index contributed by atoms with van der Waals surface area (Å²) >= 11 is 0. The average molecular weight is 337 g/mol. The summed E-state index contributed by atoms with van der Waals surface area (Å²) in [4.78, 5) is 28.4. The lowest BCUT2D eigenvalue weighted by molar-refractivity contribution is -0.384. The van der Waals surface area contributed by atoms with Crippen LogP contribution in [0.1, 0.15) is 29.3 Å². The molecule has 25 heavy (non-hydrogen) atoms. The highest BCUT2D eigenvalue weighted by atomic mass is 16.6. The predicted molar refractivity (Wildman–Crippen MR) is 96.4 cm³/mol. The molecule has 0 aliphatic rings. The molecule has 3 rings (SSSR count). The van der Waals surface area contributed by atoms with Gasteiger partial charge >= 0.3 is 0 Å². The van der Waals surface area contributed by atoms with Crippen LogP contribution in [0.4, 0.5) is 5.69 Å². The molecule has 2 aromatic carbocycles. The summed E-state index contributed by atoms with van der Waals surface area (Å²) in [5, 5.41) is 11.6. The van der Waals surface area contributed by atoms with Crippen molar-refractivity contribution in [1.82, 2.24) is 9.88 Å². The number of nitro benzene ring substituents is 1. The highest BCUT2D eigenvalue weighted by Gasteiger charge is 2.20. The number of benzene rings is 2. The number of H-pyrrole nitrogens is 1. The summed E-state index contributed by atoms with van der Waals surface area (Å²) in [7, 11) is 0. The molecule has 1 heterocycles. The van der Waals surface area contributed by atoms with Crippen LogP contribution in [0.15, 0.2) is 54.7 Å². The molecule has 1 N–H and O–H groups in total. The zero-order valence-electron chi connectivity index (χ0n) is 13.9. The normalized spacial score (nSPS) is 10.8. The van der Waals surface area contributed by atoms with Crippen LogP contribution in [0, 0.1) is 10.1 Å². The molecular weight excluding hydrogens is 318 g/mol. The van der Waals surface area contributed by atoms with E-state index in [0.29, 0.717) is 29.6 Å². The van der Waals surface area contributed by atoms with Gasteiger partial charge in [0.05, 0.1) is 10.5 Å². The van der Waals surface area contributed by atoms with Gasteiger partial charge < -0.3 is 9.88 Å². The second-order valence-corrected chi connectivity index (χ2v) is 5.90. The fourth-order valence-electron chi connectivity index (χ4n) is 2.90. The highest BCUT2D eigenvalue weighted by Crippen LogP contribution is 2.25. The molecule has 0 bridgehead atoms. The Kier molecular flexibility index (Phi) is 4.79. The van der Waals surface area contributed by atoms with Crippen molar-refractivity contribution in [2.45, 2.75) is 19.9 Å². The predicted octanol–water partition coefficient (Wildman–Crippen LogP) is 4.13. The number of carbonyl (C=O) groups excluding carboxylic acids is 1. The molecule has 0 spiro atoms.